The van der Waals surface area contributed by atoms with E-state index in [0.29, 0.717) is 5.56 Å². The molecule has 0 radical (unpaired) electrons. The minimum Gasteiger partial charge on any atom is -0.392 e. The number of amides is 1. The lowest BCUT2D eigenvalue weighted by molar-refractivity contribution is 0.102. The highest BCUT2D eigenvalue weighted by molar-refractivity contribution is 7.08. The first-order valence-corrected chi connectivity index (χ1v) is 6.19. The first-order valence-electron chi connectivity index (χ1n) is 5.24. The van der Waals surface area contributed by atoms with E-state index in [1.165, 1.54) is 11.3 Å². The van der Waals surface area contributed by atoms with Gasteiger partial charge in [-0.3, -0.25) is 4.79 Å². The fourth-order valence-electron chi connectivity index (χ4n) is 1.49. The van der Waals surface area contributed by atoms with Crippen molar-refractivity contribution in [2.24, 2.45) is 0 Å². The minimum absolute atomic E-state index is 0.0118. The van der Waals surface area contributed by atoms with E-state index in [1.807, 2.05) is 17.7 Å². The number of benzene rings is 1. The lowest BCUT2D eigenvalue weighted by Crippen LogP contribution is -2.11. The van der Waals surface area contributed by atoms with E-state index in [-0.39, 0.29) is 12.5 Å². The van der Waals surface area contributed by atoms with Crippen LogP contribution in [0.25, 0.3) is 0 Å². The summed E-state index contributed by atoms with van der Waals surface area (Å²) in [7, 11) is 0. The van der Waals surface area contributed by atoms with Gasteiger partial charge in [-0.2, -0.15) is 11.3 Å². The number of anilines is 1. The van der Waals surface area contributed by atoms with Crippen molar-refractivity contribution in [1.29, 1.82) is 0 Å². The second-order valence-electron chi connectivity index (χ2n) is 3.78. The molecule has 2 aromatic rings. The third-order valence-electron chi connectivity index (χ3n) is 2.49. The smallest absolute Gasteiger partial charge is 0.256 e. The maximum Gasteiger partial charge on any atom is 0.256 e. The van der Waals surface area contributed by atoms with Crippen molar-refractivity contribution >= 4 is 22.9 Å². The van der Waals surface area contributed by atoms with Crippen molar-refractivity contribution in [3.05, 3.63) is 51.7 Å². The lowest BCUT2D eigenvalue weighted by Gasteiger charge is -2.05. The number of carbonyl (C=O) groups is 1. The summed E-state index contributed by atoms with van der Waals surface area (Å²) >= 11 is 1.52. The quantitative estimate of drug-likeness (QED) is 0.876. The Bertz CT molecular complexity index is 516. The molecule has 0 fully saturated rings. The van der Waals surface area contributed by atoms with Crippen LogP contribution in [0, 0.1) is 6.92 Å². The zero-order valence-electron chi connectivity index (χ0n) is 9.43. The Kier molecular flexibility index (Phi) is 3.56. The van der Waals surface area contributed by atoms with Gasteiger partial charge in [-0.1, -0.05) is 12.1 Å². The van der Waals surface area contributed by atoms with Crippen molar-refractivity contribution in [3.8, 4) is 0 Å². The van der Waals surface area contributed by atoms with E-state index in [1.54, 1.807) is 24.3 Å². The van der Waals surface area contributed by atoms with Gasteiger partial charge in [-0.15, -0.1) is 0 Å². The first-order chi connectivity index (χ1) is 8.20. The van der Waals surface area contributed by atoms with E-state index >= 15 is 0 Å². The summed E-state index contributed by atoms with van der Waals surface area (Å²) in [6.07, 6.45) is 0. The van der Waals surface area contributed by atoms with E-state index in [4.69, 9.17) is 5.11 Å². The van der Waals surface area contributed by atoms with Gasteiger partial charge in [0.2, 0.25) is 0 Å². The summed E-state index contributed by atoms with van der Waals surface area (Å²) < 4.78 is 0. The molecular weight excluding hydrogens is 234 g/mol. The number of aliphatic hydroxyl groups excluding tert-OH is 1. The second-order valence-corrected chi connectivity index (χ2v) is 4.52. The number of hydrogen-bond acceptors (Lipinski definition) is 3. The Balaban J connectivity index is 2.10. The Hall–Kier alpha value is -1.65. The van der Waals surface area contributed by atoms with Crippen LogP contribution in [0.2, 0.25) is 0 Å². The molecule has 0 bridgehead atoms. The molecule has 0 aliphatic carbocycles. The largest absolute Gasteiger partial charge is 0.392 e. The number of hydrogen-bond donors (Lipinski definition) is 2. The molecule has 0 aliphatic heterocycles. The molecule has 17 heavy (non-hydrogen) atoms. The van der Waals surface area contributed by atoms with Gasteiger partial charge in [0.25, 0.3) is 5.91 Å². The van der Waals surface area contributed by atoms with E-state index in [2.05, 4.69) is 5.32 Å². The number of nitrogens with one attached hydrogen (secondary N) is 1. The lowest BCUT2D eigenvalue weighted by atomic mass is 10.2. The molecule has 2 N–H and O–H groups in total. The molecule has 0 unspecified atom stereocenters. The predicted molar refractivity (Wildman–Crippen MR) is 69.4 cm³/mol. The Morgan fingerprint density at radius 1 is 1.29 bits per heavy atom. The van der Waals surface area contributed by atoms with Crippen LogP contribution in [0.15, 0.2) is 35.0 Å². The molecule has 88 valence electrons. The highest BCUT2D eigenvalue weighted by Crippen LogP contribution is 2.16. The molecule has 0 aliphatic rings. The van der Waals surface area contributed by atoms with Crippen LogP contribution in [0.4, 0.5) is 5.69 Å². The SMILES string of the molecule is Cc1cscc1C(=O)Nc1ccc(CO)cc1. The summed E-state index contributed by atoms with van der Waals surface area (Å²) in [6.45, 7) is 1.93. The highest BCUT2D eigenvalue weighted by atomic mass is 32.1. The molecule has 0 spiro atoms. The molecular formula is C13H13NO2S. The van der Waals surface area contributed by atoms with Crippen molar-refractivity contribution in [2.75, 3.05) is 5.32 Å². The summed E-state index contributed by atoms with van der Waals surface area (Å²) in [5, 5.41) is 15.5. The van der Waals surface area contributed by atoms with Gasteiger partial charge < -0.3 is 10.4 Å². The predicted octanol–water partition coefficient (Wildman–Crippen LogP) is 2.80. The number of aliphatic hydroxyl groups is 1. The monoisotopic (exact) mass is 247 g/mol. The second kappa shape index (κ2) is 5.12. The third-order valence-corrected chi connectivity index (χ3v) is 3.36. The molecule has 1 aromatic carbocycles. The van der Waals surface area contributed by atoms with Crippen LogP contribution >= 0.6 is 11.3 Å². The maximum absolute atomic E-state index is 11.9. The molecule has 2 rings (SSSR count). The summed E-state index contributed by atoms with van der Waals surface area (Å²) in [4.78, 5) is 11.9. The zero-order valence-corrected chi connectivity index (χ0v) is 10.3. The molecule has 1 aromatic heterocycles. The van der Waals surface area contributed by atoms with E-state index < -0.39 is 0 Å². The normalized spacial score (nSPS) is 10.2. The average Bonchev–Trinajstić information content (AvgIpc) is 2.76. The van der Waals surface area contributed by atoms with Gasteiger partial charge in [0.15, 0.2) is 0 Å². The van der Waals surface area contributed by atoms with Gasteiger partial charge >= 0.3 is 0 Å². The number of carbonyl (C=O) groups excluding carboxylic acids is 1. The van der Waals surface area contributed by atoms with Crippen LogP contribution in [0.1, 0.15) is 21.5 Å². The molecule has 0 saturated heterocycles. The van der Waals surface area contributed by atoms with Crippen LogP contribution in [0.5, 0.6) is 0 Å². The first kappa shape index (κ1) is 11.8. The maximum atomic E-state index is 11.9. The molecule has 4 heteroatoms. The molecule has 3 nitrogen and oxygen atoms in total. The van der Waals surface area contributed by atoms with Gasteiger partial charge in [0.05, 0.1) is 12.2 Å². The van der Waals surface area contributed by atoms with Crippen LogP contribution < -0.4 is 5.32 Å². The van der Waals surface area contributed by atoms with Gasteiger partial charge in [-0.05, 0) is 35.6 Å². The van der Waals surface area contributed by atoms with Crippen LogP contribution in [-0.4, -0.2) is 11.0 Å². The Morgan fingerprint density at radius 2 is 2.00 bits per heavy atom. The molecule has 1 amide bonds. The Morgan fingerprint density at radius 3 is 2.53 bits per heavy atom. The van der Waals surface area contributed by atoms with E-state index in [0.717, 1.165) is 16.8 Å². The zero-order chi connectivity index (χ0) is 12.3. The molecule has 1 heterocycles. The van der Waals surface area contributed by atoms with E-state index in [9.17, 15) is 4.79 Å². The fourth-order valence-corrected chi connectivity index (χ4v) is 2.31. The standard InChI is InChI=1S/C13H13NO2S/c1-9-7-17-8-12(9)13(16)14-11-4-2-10(6-15)3-5-11/h2-5,7-8,15H,6H2,1H3,(H,14,16). The minimum atomic E-state index is -0.0968. The highest BCUT2D eigenvalue weighted by Gasteiger charge is 2.09. The number of thiophene rings is 1. The number of aryl methyl sites for hydroxylation is 1. The van der Waals surface area contributed by atoms with Crippen molar-refractivity contribution in [1.82, 2.24) is 0 Å². The summed E-state index contributed by atoms with van der Waals surface area (Å²) in [5.74, 6) is -0.0968. The number of rotatable bonds is 3. The average molecular weight is 247 g/mol. The van der Waals surface area contributed by atoms with Crippen molar-refractivity contribution in [3.63, 3.8) is 0 Å². The van der Waals surface area contributed by atoms with Crippen molar-refractivity contribution in [2.45, 2.75) is 13.5 Å². The topological polar surface area (TPSA) is 49.3 Å². The summed E-state index contributed by atoms with van der Waals surface area (Å²) in [6, 6.07) is 7.14. The van der Waals surface area contributed by atoms with Gasteiger partial charge in [0, 0.05) is 11.1 Å². The summed E-state index contributed by atoms with van der Waals surface area (Å²) in [5.41, 5.74) is 3.26. The van der Waals surface area contributed by atoms with Crippen LogP contribution in [-0.2, 0) is 6.61 Å². The molecule has 0 atom stereocenters. The molecule has 0 saturated carbocycles. The third kappa shape index (κ3) is 2.72. The fraction of sp³-hybridized carbons (Fsp3) is 0.154. The van der Waals surface area contributed by atoms with Gasteiger partial charge in [-0.25, -0.2) is 0 Å². The van der Waals surface area contributed by atoms with Crippen molar-refractivity contribution < 1.29 is 9.90 Å². The Labute approximate surface area is 104 Å². The van der Waals surface area contributed by atoms with Gasteiger partial charge in [0.1, 0.15) is 0 Å². The van der Waals surface area contributed by atoms with Crippen LogP contribution in [0.3, 0.4) is 0 Å².